The lowest BCUT2D eigenvalue weighted by molar-refractivity contribution is -0.176. The zero-order valence-electron chi connectivity index (χ0n) is 20.6. The molecule has 2 N–H and O–H groups in total. The molecule has 1 aromatic heterocycles. The van der Waals surface area contributed by atoms with E-state index >= 15 is 0 Å². The van der Waals surface area contributed by atoms with Crippen molar-refractivity contribution < 1.29 is 24.5 Å². The van der Waals surface area contributed by atoms with Crippen LogP contribution in [0.1, 0.15) is 70.2 Å². The minimum atomic E-state index is -1.11. The summed E-state index contributed by atoms with van der Waals surface area (Å²) in [6, 6.07) is 2.12. The number of aromatic nitrogens is 1. The van der Waals surface area contributed by atoms with Gasteiger partial charge in [-0.1, -0.05) is 40.0 Å². The highest BCUT2D eigenvalue weighted by Gasteiger charge is 2.43. The largest absolute Gasteiger partial charge is 0.396 e. The van der Waals surface area contributed by atoms with Crippen LogP contribution in [0.4, 0.5) is 0 Å². The second kappa shape index (κ2) is 12.8. The number of rotatable bonds is 12. The summed E-state index contributed by atoms with van der Waals surface area (Å²) in [7, 11) is 1.54. The number of hydrogen-bond acceptors (Lipinski definition) is 6. The van der Waals surface area contributed by atoms with Crippen molar-refractivity contribution in [3.8, 4) is 0 Å². The van der Waals surface area contributed by atoms with Crippen LogP contribution in [0.3, 0.4) is 0 Å². The molecule has 0 radical (unpaired) electrons. The minimum absolute atomic E-state index is 0.0168. The first-order valence-corrected chi connectivity index (χ1v) is 12.1. The van der Waals surface area contributed by atoms with E-state index in [9.17, 15) is 9.90 Å². The zero-order valence-corrected chi connectivity index (χ0v) is 20.6. The van der Waals surface area contributed by atoms with Crippen LogP contribution in [0.25, 0.3) is 0 Å². The number of nitrogens with zero attached hydrogens (tertiary/aromatic N) is 1. The molecule has 0 saturated heterocycles. The molecule has 0 spiro atoms. The summed E-state index contributed by atoms with van der Waals surface area (Å²) >= 11 is 0. The Morgan fingerprint density at radius 1 is 1.16 bits per heavy atom. The van der Waals surface area contributed by atoms with Crippen molar-refractivity contribution >= 4 is 5.78 Å². The van der Waals surface area contributed by atoms with Gasteiger partial charge in [0.05, 0.1) is 0 Å². The van der Waals surface area contributed by atoms with E-state index in [1.807, 2.05) is 27.0 Å². The van der Waals surface area contributed by atoms with Gasteiger partial charge in [0, 0.05) is 44.6 Å². The Hall–Kier alpha value is -1.34. The molecular formula is C26H43NO5. The molecule has 1 saturated carbocycles. The number of aliphatic hydroxyl groups is 2. The van der Waals surface area contributed by atoms with E-state index in [-0.39, 0.29) is 25.1 Å². The summed E-state index contributed by atoms with van der Waals surface area (Å²) in [5, 5.41) is 17.9. The molecule has 3 rings (SSSR count). The van der Waals surface area contributed by atoms with Gasteiger partial charge in [-0.3, -0.25) is 9.78 Å². The van der Waals surface area contributed by atoms with E-state index in [0.29, 0.717) is 24.9 Å². The quantitative estimate of drug-likeness (QED) is 0.473. The van der Waals surface area contributed by atoms with Gasteiger partial charge < -0.3 is 19.7 Å². The molecule has 0 amide bonds. The summed E-state index contributed by atoms with van der Waals surface area (Å²) in [5.74, 6) is 1.66. The van der Waals surface area contributed by atoms with Gasteiger partial charge >= 0.3 is 0 Å². The molecule has 0 aliphatic heterocycles. The van der Waals surface area contributed by atoms with Crippen molar-refractivity contribution in [2.75, 3.05) is 27.1 Å². The number of carbonyl (C=O) groups excluding carboxylic acids is 1. The molecule has 2 aliphatic rings. The minimum Gasteiger partial charge on any atom is -0.396 e. The molecule has 1 heterocycles. The van der Waals surface area contributed by atoms with E-state index in [1.54, 1.807) is 0 Å². The van der Waals surface area contributed by atoms with Crippen LogP contribution in [0.5, 0.6) is 0 Å². The molecule has 3 atom stereocenters. The zero-order chi connectivity index (χ0) is 23.7. The van der Waals surface area contributed by atoms with Crippen molar-refractivity contribution in [1.82, 2.24) is 4.98 Å². The number of Topliss-reactive ketones (excluding diaryl/α,β-unsaturated/α-hetero) is 1. The molecule has 6 nitrogen and oxygen atoms in total. The Labute approximate surface area is 193 Å². The number of pyridine rings is 1. The van der Waals surface area contributed by atoms with Gasteiger partial charge in [-0.05, 0) is 61.1 Å². The van der Waals surface area contributed by atoms with Crippen molar-refractivity contribution in [1.29, 1.82) is 0 Å². The topological polar surface area (TPSA) is 88.9 Å². The highest BCUT2D eigenvalue weighted by atomic mass is 16.7. The van der Waals surface area contributed by atoms with Crippen LogP contribution in [0, 0.1) is 23.7 Å². The Morgan fingerprint density at radius 3 is 2.34 bits per heavy atom. The third-order valence-electron chi connectivity index (χ3n) is 6.82. The van der Waals surface area contributed by atoms with Gasteiger partial charge in [-0.15, -0.1) is 0 Å². The summed E-state index contributed by atoms with van der Waals surface area (Å²) in [4.78, 5) is 17.2. The molecule has 3 unspecified atom stereocenters. The standard InChI is InChI=1S/C22H33NO4.C4H10O/c1-15(13-24)22(16(2)25,27-14-26-3)12-21-20-11-18(7-6-17-4-5-17)10-19(20)8-9-23-21;1-4(2)3-5/h8-9,15,17-18,24H,4-7,10-14H2,1-3H3;4-5H,3H2,1-2H3. The lowest BCUT2D eigenvalue weighted by Gasteiger charge is -2.36. The van der Waals surface area contributed by atoms with E-state index in [0.717, 1.165) is 24.5 Å². The third kappa shape index (κ3) is 7.34. The highest BCUT2D eigenvalue weighted by molar-refractivity contribution is 5.85. The Bertz CT molecular complexity index is 718. The average molecular weight is 450 g/mol. The maximum atomic E-state index is 12.6. The van der Waals surface area contributed by atoms with Crippen LogP contribution in [0.15, 0.2) is 12.3 Å². The number of fused-ring (bicyclic) bond motifs is 1. The fourth-order valence-electron chi connectivity index (χ4n) is 4.43. The summed E-state index contributed by atoms with van der Waals surface area (Å²) in [6.07, 6.45) is 9.82. The molecule has 0 aromatic carbocycles. The van der Waals surface area contributed by atoms with Crippen LogP contribution < -0.4 is 0 Å². The molecular weight excluding hydrogens is 406 g/mol. The van der Waals surface area contributed by atoms with E-state index in [4.69, 9.17) is 14.6 Å². The monoisotopic (exact) mass is 449 g/mol. The van der Waals surface area contributed by atoms with Crippen molar-refractivity contribution in [3.05, 3.63) is 29.1 Å². The Morgan fingerprint density at radius 2 is 1.81 bits per heavy atom. The molecule has 182 valence electrons. The number of methoxy groups -OCH3 is 1. The molecule has 1 aromatic rings. The predicted octanol–water partition coefficient (Wildman–Crippen LogP) is 3.74. The number of ketones is 1. The van der Waals surface area contributed by atoms with E-state index in [2.05, 4.69) is 11.1 Å². The SMILES string of the molecule is CC(C)CO.COCOC(Cc1nccc2c1CC(CCC1CC1)C2)(C(C)=O)C(C)CO. The summed E-state index contributed by atoms with van der Waals surface area (Å²) in [6.45, 7) is 7.52. The summed E-state index contributed by atoms with van der Waals surface area (Å²) < 4.78 is 11.0. The average Bonchev–Trinajstić information content (AvgIpc) is 3.52. The molecule has 32 heavy (non-hydrogen) atoms. The Balaban J connectivity index is 0.000000654. The van der Waals surface area contributed by atoms with E-state index in [1.165, 1.54) is 50.8 Å². The Kier molecular flexibility index (Phi) is 10.7. The van der Waals surface area contributed by atoms with Crippen molar-refractivity contribution in [2.45, 2.75) is 78.2 Å². The van der Waals surface area contributed by atoms with Gasteiger partial charge in [0.1, 0.15) is 12.4 Å². The number of ether oxygens (including phenoxy) is 2. The first kappa shape index (κ1) is 26.9. The summed E-state index contributed by atoms with van der Waals surface area (Å²) in [5.41, 5.74) is 2.48. The van der Waals surface area contributed by atoms with Crippen molar-refractivity contribution in [2.24, 2.45) is 23.7 Å². The normalized spacial score (nSPS) is 20.3. The van der Waals surface area contributed by atoms with Crippen LogP contribution >= 0.6 is 0 Å². The second-order valence-corrected chi connectivity index (χ2v) is 10.0. The highest BCUT2D eigenvalue weighted by Crippen LogP contribution is 2.39. The van der Waals surface area contributed by atoms with Gasteiger partial charge in [0.2, 0.25) is 0 Å². The number of hydrogen-bond donors (Lipinski definition) is 2. The molecule has 2 aliphatic carbocycles. The van der Waals surface area contributed by atoms with E-state index < -0.39 is 5.60 Å². The van der Waals surface area contributed by atoms with Crippen LogP contribution in [0.2, 0.25) is 0 Å². The van der Waals surface area contributed by atoms with Crippen LogP contribution in [-0.4, -0.2) is 53.7 Å². The molecule has 1 fully saturated rings. The number of aliphatic hydroxyl groups excluding tert-OH is 2. The maximum absolute atomic E-state index is 12.6. The number of carbonyl (C=O) groups is 1. The van der Waals surface area contributed by atoms with Gasteiger partial charge in [-0.25, -0.2) is 0 Å². The molecule has 6 heteroatoms. The maximum Gasteiger partial charge on any atom is 0.162 e. The van der Waals surface area contributed by atoms with Gasteiger partial charge in [-0.2, -0.15) is 0 Å². The second-order valence-electron chi connectivity index (χ2n) is 10.0. The fourth-order valence-corrected chi connectivity index (χ4v) is 4.43. The molecule has 0 bridgehead atoms. The third-order valence-corrected chi connectivity index (χ3v) is 6.82. The lowest BCUT2D eigenvalue weighted by atomic mass is 9.80. The van der Waals surface area contributed by atoms with Crippen LogP contribution in [-0.2, 0) is 33.5 Å². The van der Waals surface area contributed by atoms with Gasteiger partial charge in [0.25, 0.3) is 0 Å². The predicted molar refractivity (Wildman–Crippen MR) is 125 cm³/mol. The first-order chi connectivity index (χ1) is 15.3. The fraction of sp³-hybridized carbons (Fsp3) is 0.769. The van der Waals surface area contributed by atoms with Crippen molar-refractivity contribution in [3.63, 3.8) is 0 Å². The smallest absolute Gasteiger partial charge is 0.162 e. The first-order valence-electron chi connectivity index (χ1n) is 12.1. The van der Waals surface area contributed by atoms with Gasteiger partial charge in [0.15, 0.2) is 5.78 Å². The lowest BCUT2D eigenvalue weighted by Crippen LogP contribution is -2.50.